The van der Waals surface area contributed by atoms with Gasteiger partial charge in [0.25, 0.3) is 0 Å². The van der Waals surface area contributed by atoms with E-state index in [1.54, 1.807) is 31.2 Å². The van der Waals surface area contributed by atoms with Gasteiger partial charge in [-0.15, -0.1) is 0 Å². The number of amides is 4. The summed E-state index contributed by atoms with van der Waals surface area (Å²) in [6.07, 6.45) is -4.64. The number of hydrogen-bond acceptors (Lipinski definition) is 3. The Bertz CT molecular complexity index is 1590. The zero-order chi connectivity index (χ0) is 29.3. The molecule has 7 rings (SSSR count). The molecule has 1 aromatic heterocycles. The summed E-state index contributed by atoms with van der Waals surface area (Å²) in [5, 5.41) is 3.82. The van der Waals surface area contributed by atoms with Crippen molar-refractivity contribution in [3.8, 4) is 0 Å². The standard InChI is InChI=1S/C28H21F6N5O2/c1-26-13-12-22(19-9-6-14-35-23(19)26)38-24(40)36(15-17-7-2-4-10-20(17)27(29,30)31)37(25(41)39(26)38)16-18-8-3-5-11-21(18)28(32,33)34/h2-14,22H,15-16H2,1H3. The monoisotopic (exact) mass is 573 g/mol. The average Bonchev–Trinajstić information content (AvgIpc) is 2.93. The van der Waals surface area contributed by atoms with Gasteiger partial charge in [-0.25, -0.2) is 29.6 Å². The van der Waals surface area contributed by atoms with E-state index in [9.17, 15) is 35.9 Å². The highest BCUT2D eigenvalue weighted by Gasteiger charge is 2.59. The molecule has 3 aromatic rings. The second-order valence-corrected chi connectivity index (χ2v) is 10.0. The number of halogens is 6. The molecule has 7 nitrogen and oxygen atoms in total. The fraction of sp³-hybridized carbons (Fsp3) is 0.250. The van der Waals surface area contributed by atoms with Crippen LogP contribution in [0.1, 0.15) is 46.5 Å². The molecule has 0 spiro atoms. The maximum Gasteiger partial charge on any atom is 0.416 e. The molecule has 3 aliphatic heterocycles. The van der Waals surface area contributed by atoms with Gasteiger partial charge in [-0.1, -0.05) is 54.6 Å². The summed E-state index contributed by atoms with van der Waals surface area (Å²) in [6, 6.07) is 9.92. The first-order valence-corrected chi connectivity index (χ1v) is 12.5. The molecule has 4 heterocycles. The van der Waals surface area contributed by atoms with Crippen molar-refractivity contribution in [2.45, 2.75) is 43.9 Å². The van der Waals surface area contributed by atoms with Gasteiger partial charge in [-0.3, -0.25) is 4.98 Å². The van der Waals surface area contributed by atoms with Crippen LogP contribution in [0, 0.1) is 0 Å². The third kappa shape index (κ3) is 4.09. The van der Waals surface area contributed by atoms with Crippen molar-refractivity contribution in [2.24, 2.45) is 0 Å². The third-order valence-electron chi connectivity index (χ3n) is 7.55. The number of urea groups is 2. The molecule has 4 amide bonds. The van der Waals surface area contributed by atoms with Crippen LogP contribution in [0.5, 0.6) is 0 Å². The second-order valence-electron chi connectivity index (χ2n) is 10.0. The van der Waals surface area contributed by atoms with Gasteiger partial charge in [0.1, 0.15) is 11.6 Å². The number of aromatic nitrogens is 1. The van der Waals surface area contributed by atoms with Gasteiger partial charge in [-0.2, -0.15) is 26.3 Å². The van der Waals surface area contributed by atoms with Crippen LogP contribution in [-0.4, -0.2) is 37.1 Å². The number of benzene rings is 2. The molecule has 2 unspecified atom stereocenters. The minimum Gasteiger partial charge on any atom is -0.258 e. The first-order valence-electron chi connectivity index (χ1n) is 12.5. The molecule has 4 aliphatic rings. The Labute approximate surface area is 229 Å². The molecule has 1 saturated heterocycles. The Balaban J connectivity index is 1.49. The van der Waals surface area contributed by atoms with Crippen LogP contribution >= 0.6 is 0 Å². The van der Waals surface area contributed by atoms with Gasteiger partial charge in [0.2, 0.25) is 0 Å². The SMILES string of the molecule is CC12C=CC(c3cccnc31)N1C(=O)N(Cc3ccccc3C(F)(F)F)N(Cc3ccccc3C(F)(F)F)C(=O)N12. The van der Waals surface area contributed by atoms with E-state index in [1.165, 1.54) is 30.5 Å². The minimum absolute atomic E-state index is 0.324. The maximum absolute atomic E-state index is 14.2. The van der Waals surface area contributed by atoms with Crippen LogP contribution in [0.2, 0.25) is 0 Å². The number of rotatable bonds is 4. The van der Waals surface area contributed by atoms with Crippen LogP contribution in [0.25, 0.3) is 0 Å². The van der Waals surface area contributed by atoms with Crippen molar-refractivity contribution in [3.05, 3.63) is 113 Å². The Morgan fingerprint density at radius 1 is 0.780 bits per heavy atom. The molecule has 0 saturated carbocycles. The Morgan fingerprint density at radius 2 is 1.32 bits per heavy atom. The predicted octanol–water partition coefficient (Wildman–Crippen LogP) is 6.65. The number of alkyl halides is 6. The summed E-state index contributed by atoms with van der Waals surface area (Å²) >= 11 is 0. The summed E-state index contributed by atoms with van der Waals surface area (Å²) in [4.78, 5) is 32.8. The Kier molecular flexibility index (Phi) is 5.84. The topological polar surface area (TPSA) is 60.0 Å². The first-order chi connectivity index (χ1) is 19.3. The number of nitrogens with zero attached hydrogens (tertiary/aromatic N) is 5. The van der Waals surface area contributed by atoms with E-state index in [4.69, 9.17) is 0 Å². The van der Waals surface area contributed by atoms with Crippen molar-refractivity contribution < 1.29 is 35.9 Å². The van der Waals surface area contributed by atoms with Gasteiger partial charge < -0.3 is 0 Å². The van der Waals surface area contributed by atoms with Crippen LogP contribution in [0.4, 0.5) is 35.9 Å². The number of carbonyl (C=O) groups excluding carboxylic acids is 2. The smallest absolute Gasteiger partial charge is 0.258 e. The molecule has 0 N–H and O–H groups in total. The molecule has 1 fully saturated rings. The lowest BCUT2D eigenvalue weighted by molar-refractivity contribution is -0.148. The maximum atomic E-state index is 14.2. The van der Waals surface area contributed by atoms with Crippen molar-refractivity contribution in [1.82, 2.24) is 25.0 Å². The first kappa shape index (κ1) is 26.7. The van der Waals surface area contributed by atoms with E-state index in [0.29, 0.717) is 11.3 Å². The van der Waals surface area contributed by atoms with E-state index in [0.717, 1.165) is 44.3 Å². The molecule has 2 bridgehead atoms. The Hall–Kier alpha value is -4.55. The third-order valence-corrected chi connectivity index (χ3v) is 7.55. The minimum atomic E-state index is -4.78. The van der Waals surface area contributed by atoms with E-state index >= 15 is 0 Å². The molecule has 41 heavy (non-hydrogen) atoms. The van der Waals surface area contributed by atoms with Crippen molar-refractivity contribution in [2.75, 3.05) is 0 Å². The molecular weight excluding hydrogens is 552 g/mol. The largest absolute Gasteiger partial charge is 0.416 e. The number of pyridine rings is 1. The van der Waals surface area contributed by atoms with Gasteiger partial charge >= 0.3 is 24.4 Å². The highest BCUT2D eigenvalue weighted by atomic mass is 19.4. The summed E-state index contributed by atoms with van der Waals surface area (Å²) in [7, 11) is 0. The van der Waals surface area contributed by atoms with Gasteiger partial charge in [0, 0.05) is 11.8 Å². The molecule has 2 atom stereocenters. The lowest BCUT2D eigenvalue weighted by atomic mass is 9.80. The highest BCUT2D eigenvalue weighted by Crippen LogP contribution is 2.50. The number of hydrogen-bond donors (Lipinski definition) is 0. The molecular formula is C28H21F6N5O2. The second kappa shape index (κ2) is 8.98. The normalized spacial score (nSPS) is 21.9. The lowest BCUT2D eigenvalue weighted by Gasteiger charge is -2.60. The van der Waals surface area contributed by atoms with E-state index in [1.807, 2.05) is 0 Å². The average molecular weight is 573 g/mol. The number of hydrazine groups is 2. The summed E-state index contributed by atoms with van der Waals surface area (Å²) < 4.78 is 83.2. The lowest BCUT2D eigenvalue weighted by Crippen LogP contribution is -2.75. The van der Waals surface area contributed by atoms with Crippen LogP contribution < -0.4 is 0 Å². The van der Waals surface area contributed by atoms with E-state index < -0.39 is 60.2 Å². The molecule has 2 aromatic carbocycles. The predicted molar refractivity (Wildman–Crippen MR) is 132 cm³/mol. The van der Waals surface area contributed by atoms with Crippen molar-refractivity contribution >= 4 is 12.1 Å². The van der Waals surface area contributed by atoms with Crippen LogP contribution in [0.3, 0.4) is 0 Å². The molecule has 1 aliphatic carbocycles. The zero-order valence-corrected chi connectivity index (χ0v) is 21.3. The van der Waals surface area contributed by atoms with E-state index in [2.05, 4.69) is 4.98 Å². The fourth-order valence-electron chi connectivity index (χ4n) is 5.70. The molecule has 13 heteroatoms. The van der Waals surface area contributed by atoms with Crippen LogP contribution in [0.15, 0.2) is 79.0 Å². The fourth-order valence-corrected chi connectivity index (χ4v) is 5.70. The van der Waals surface area contributed by atoms with Gasteiger partial charge in [-0.05, 0) is 36.2 Å². The van der Waals surface area contributed by atoms with Crippen molar-refractivity contribution in [3.63, 3.8) is 0 Å². The van der Waals surface area contributed by atoms with Gasteiger partial charge in [0.15, 0.2) is 0 Å². The summed E-state index contributed by atoms with van der Waals surface area (Å²) in [5.74, 6) is 0. The van der Waals surface area contributed by atoms with Crippen LogP contribution in [-0.2, 0) is 31.0 Å². The summed E-state index contributed by atoms with van der Waals surface area (Å²) in [5.41, 5.74) is -2.88. The zero-order valence-electron chi connectivity index (χ0n) is 21.3. The van der Waals surface area contributed by atoms with E-state index in [-0.39, 0.29) is 11.1 Å². The quantitative estimate of drug-likeness (QED) is 0.260. The summed E-state index contributed by atoms with van der Waals surface area (Å²) in [6.45, 7) is 0.198. The van der Waals surface area contributed by atoms with Crippen molar-refractivity contribution in [1.29, 1.82) is 0 Å². The Morgan fingerprint density at radius 3 is 1.88 bits per heavy atom. The van der Waals surface area contributed by atoms with Gasteiger partial charge in [0.05, 0.1) is 29.9 Å². The highest BCUT2D eigenvalue weighted by molar-refractivity contribution is 5.89. The molecule has 0 radical (unpaired) electrons. The number of carbonyl (C=O) groups is 2. The molecule has 212 valence electrons.